The number of piperidine rings is 2. The lowest BCUT2D eigenvalue weighted by Crippen LogP contribution is -2.36. The SMILES string of the molecule is Cc1cc(C)c(S(=O)(=O)N2CCCCC2)c(C)c1.O=C1CCNCC1. The Balaban J connectivity index is 0.000000269. The van der Waals surface area contributed by atoms with Gasteiger partial charge in [0.15, 0.2) is 0 Å². The summed E-state index contributed by atoms with van der Waals surface area (Å²) < 4.78 is 27.0. The zero-order valence-electron chi connectivity index (χ0n) is 15.6. The zero-order chi connectivity index (χ0) is 18.4. The monoisotopic (exact) mass is 366 g/mol. The maximum absolute atomic E-state index is 12.7. The first kappa shape index (κ1) is 20.1. The highest BCUT2D eigenvalue weighted by Gasteiger charge is 2.28. The number of carbonyl (C=O) groups excluding carboxylic acids is 1. The van der Waals surface area contributed by atoms with Gasteiger partial charge < -0.3 is 5.32 Å². The van der Waals surface area contributed by atoms with E-state index >= 15 is 0 Å². The van der Waals surface area contributed by atoms with Gasteiger partial charge in [-0.25, -0.2) is 8.42 Å². The van der Waals surface area contributed by atoms with Crippen molar-refractivity contribution in [2.75, 3.05) is 26.2 Å². The summed E-state index contributed by atoms with van der Waals surface area (Å²) in [5.74, 6) is 0.402. The molecule has 2 saturated heterocycles. The van der Waals surface area contributed by atoms with Crippen molar-refractivity contribution in [1.82, 2.24) is 9.62 Å². The second kappa shape index (κ2) is 8.92. The highest BCUT2D eigenvalue weighted by atomic mass is 32.2. The Labute approximate surface area is 151 Å². The van der Waals surface area contributed by atoms with E-state index < -0.39 is 10.0 Å². The van der Waals surface area contributed by atoms with Crippen LogP contribution in [0.3, 0.4) is 0 Å². The number of ketones is 1. The summed E-state index contributed by atoms with van der Waals surface area (Å²) in [6.45, 7) is 8.87. The van der Waals surface area contributed by atoms with Crippen molar-refractivity contribution in [3.8, 4) is 0 Å². The summed E-state index contributed by atoms with van der Waals surface area (Å²) >= 11 is 0. The van der Waals surface area contributed by atoms with Crippen LogP contribution >= 0.6 is 0 Å². The molecule has 0 radical (unpaired) electrons. The molecule has 5 nitrogen and oxygen atoms in total. The van der Waals surface area contributed by atoms with Crippen LogP contribution in [-0.2, 0) is 14.8 Å². The molecule has 0 amide bonds. The highest BCUT2D eigenvalue weighted by Crippen LogP contribution is 2.27. The molecular weight excluding hydrogens is 336 g/mol. The first-order valence-electron chi connectivity index (χ1n) is 9.13. The maximum Gasteiger partial charge on any atom is 0.243 e. The zero-order valence-corrected chi connectivity index (χ0v) is 16.4. The standard InChI is InChI=1S/C14H21NO2S.C5H9NO/c1-11-9-12(2)14(13(3)10-11)18(16,17)15-7-5-4-6-8-15;7-5-1-3-6-4-2-5/h9-10H,4-8H2,1-3H3;6H,1-4H2. The van der Waals surface area contributed by atoms with Gasteiger partial charge in [-0.1, -0.05) is 24.1 Å². The van der Waals surface area contributed by atoms with Gasteiger partial charge in [0.05, 0.1) is 4.90 Å². The molecule has 2 heterocycles. The normalized spacial score (nSPS) is 19.2. The van der Waals surface area contributed by atoms with Crippen LogP contribution in [0.15, 0.2) is 17.0 Å². The Morgan fingerprint density at radius 1 is 0.920 bits per heavy atom. The van der Waals surface area contributed by atoms with Crippen molar-refractivity contribution < 1.29 is 13.2 Å². The lowest BCUT2D eigenvalue weighted by atomic mass is 10.1. The Kier molecular flexibility index (Phi) is 7.16. The van der Waals surface area contributed by atoms with Gasteiger partial charge >= 0.3 is 0 Å². The van der Waals surface area contributed by atoms with Crippen LogP contribution in [0.5, 0.6) is 0 Å². The van der Waals surface area contributed by atoms with Crippen molar-refractivity contribution >= 4 is 15.8 Å². The van der Waals surface area contributed by atoms with Crippen molar-refractivity contribution in [2.45, 2.75) is 57.8 Å². The second-order valence-corrected chi connectivity index (χ2v) is 8.86. The molecule has 2 fully saturated rings. The fourth-order valence-corrected chi connectivity index (χ4v) is 5.44. The highest BCUT2D eigenvalue weighted by molar-refractivity contribution is 7.89. The number of nitrogens with zero attached hydrogens (tertiary/aromatic N) is 1. The minimum absolute atomic E-state index is 0.402. The molecule has 0 aromatic heterocycles. The third-order valence-corrected chi connectivity index (χ3v) is 6.88. The lowest BCUT2D eigenvalue weighted by molar-refractivity contribution is -0.119. The van der Waals surface area contributed by atoms with Gasteiger partial charge in [0.25, 0.3) is 0 Å². The average molecular weight is 367 g/mol. The van der Waals surface area contributed by atoms with E-state index in [9.17, 15) is 13.2 Å². The lowest BCUT2D eigenvalue weighted by Gasteiger charge is -2.27. The number of rotatable bonds is 2. The van der Waals surface area contributed by atoms with Crippen LogP contribution in [0.2, 0.25) is 0 Å². The van der Waals surface area contributed by atoms with E-state index in [1.54, 1.807) is 4.31 Å². The molecule has 1 N–H and O–H groups in total. The molecule has 6 heteroatoms. The fraction of sp³-hybridized carbons (Fsp3) is 0.632. The Morgan fingerprint density at radius 2 is 1.44 bits per heavy atom. The van der Waals surface area contributed by atoms with Gasteiger partial charge in [-0.2, -0.15) is 4.31 Å². The van der Waals surface area contributed by atoms with Crippen molar-refractivity contribution in [2.24, 2.45) is 0 Å². The quantitative estimate of drug-likeness (QED) is 0.874. The van der Waals surface area contributed by atoms with Gasteiger partial charge in [-0.05, 0) is 44.7 Å². The number of benzene rings is 1. The van der Waals surface area contributed by atoms with Crippen LogP contribution in [-0.4, -0.2) is 44.7 Å². The minimum atomic E-state index is -3.31. The van der Waals surface area contributed by atoms with E-state index in [0.29, 0.717) is 23.8 Å². The molecule has 25 heavy (non-hydrogen) atoms. The number of sulfonamides is 1. The van der Waals surface area contributed by atoms with Crippen molar-refractivity contribution in [3.63, 3.8) is 0 Å². The molecule has 0 bridgehead atoms. The number of carbonyl (C=O) groups is 1. The van der Waals surface area contributed by atoms with E-state index in [1.807, 2.05) is 32.9 Å². The number of Topliss-reactive ketones (excluding diaryl/α,β-unsaturated/α-hetero) is 1. The summed E-state index contributed by atoms with van der Waals surface area (Å²) in [5.41, 5.74) is 2.83. The molecule has 2 aliphatic heterocycles. The minimum Gasteiger partial charge on any atom is -0.316 e. The Hall–Kier alpha value is -1.24. The van der Waals surface area contributed by atoms with Gasteiger partial charge in [-0.15, -0.1) is 0 Å². The van der Waals surface area contributed by atoms with Gasteiger partial charge in [0, 0.05) is 39.0 Å². The van der Waals surface area contributed by atoms with Crippen LogP contribution < -0.4 is 5.32 Å². The summed E-state index contributed by atoms with van der Waals surface area (Å²) in [7, 11) is -3.31. The molecular formula is C19H30N2O3S. The Bertz CT molecular complexity index is 676. The summed E-state index contributed by atoms with van der Waals surface area (Å²) in [6.07, 6.45) is 4.56. The predicted octanol–water partition coefficient (Wildman–Crippen LogP) is 2.73. The van der Waals surface area contributed by atoms with Gasteiger partial charge in [0.2, 0.25) is 10.0 Å². The van der Waals surface area contributed by atoms with E-state index in [1.165, 1.54) is 0 Å². The molecule has 1 aromatic carbocycles. The van der Waals surface area contributed by atoms with Crippen molar-refractivity contribution in [1.29, 1.82) is 0 Å². The molecule has 2 aliphatic rings. The molecule has 140 valence electrons. The van der Waals surface area contributed by atoms with E-state index in [-0.39, 0.29) is 0 Å². The first-order valence-corrected chi connectivity index (χ1v) is 10.6. The fourth-order valence-electron chi connectivity index (χ4n) is 3.51. The molecule has 3 rings (SSSR count). The smallest absolute Gasteiger partial charge is 0.243 e. The largest absolute Gasteiger partial charge is 0.316 e. The summed E-state index contributed by atoms with van der Waals surface area (Å²) in [5, 5.41) is 3.09. The van der Waals surface area contributed by atoms with Gasteiger partial charge in [-0.3, -0.25) is 4.79 Å². The van der Waals surface area contributed by atoms with Gasteiger partial charge in [0.1, 0.15) is 5.78 Å². The molecule has 0 spiro atoms. The number of hydrogen-bond donors (Lipinski definition) is 1. The first-order chi connectivity index (χ1) is 11.8. The molecule has 1 aromatic rings. The second-order valence-electron chi connectivity index (χ2n) is 6.98. The van der Waals surface area contributed by atoms with E-state index in [4.69, 9.17) is 0 Å². The molecule has 0 atom stereocenters. The van der Waals surface area contributed by atoms with Crippen LogP contribution in [0.4, 0.5) is 0 Å². The summed E-state index contributed by atoms with van der Waals surface area (Å²) in [4.78, 5) is 10.9. The van der Waals surface area contributed by atoms with E-state index in [2.05, 4.69) is 5.32 Å². The number of hydrogen-bond acceptors (Lipinski definition) is 4. The summed E-state index contributed by atoms with van der Waals surface area (Å²) in [6, 6.07) is 3.90. The maximum atomic E-state index is 12.7. The van der Waals surface area contributed by atoms with Crippen LogP contribution in [0.25, 0.3) is 0 Å². The number of nitrogens with one attached hydrogen (secondary N) is 1. The van der Waals surface area contributed by atoms with Crippen LogP contribution in [0.1, 0.15) is 48.8 Å². The number of aryl methyl sites for hydroxylation is 3. The topological polar surface area (TPSA) is 66.5 Å². The van der Waals surface area contributed by atoms with E-state index in [0.717, 1.165) is 61.9 Å². The third kappa shape index (κ3) is 5.36. The molecule has 0 unspecified atom stereocenters. The Morgan fingerprint density at radius 3 is 1.88 bits per heavy atom. The van der Waals surface area contributed by atoms with Crippen molar-refractivity contribution in [3.05, 3.63) is 28.8 Å². The molecule has 0 aliphatic carbocycles. The predicted molar refractivity (Wildman–Crippen MR) is 100 cm³/mol. The van der Waals surface area contributed by atoms with Crippen LogP contribution in [0, 0.1) is 20.8 Å². The molecule has 0 saturated carbocycles. The average Bonchev–Trinajstić information content (AvgIpc) is 2.56. The third-order valence-electron chi connectivity index (χ3n) is 4.68.